The number of nitrogens with two attached hydrogens (primary N) is 1. The lowest BCUT2D eigenvalue weighted by Crippen LogP contribution is -2.31. The lowest BCUT2D eigenvalue weighted by atomic mass is 9.97. The number of aliphatic hydroxyl groups is 1. The molecule has 0 bridgehead atoms. The summed E-state index contributed by atoms with van der Waals surface area (Å²) >= 11 is 0. The summed E-state index contributed by atoms with van der Waals surface area (Å²) in [4.78, 5) is 10.6. The summed E-state index contributed by atoms with van der Waals surface area (Å²) in [5.41, 5.74) is 7.26. The molecule has 0 radical (unpaired) electrons. The smallest absolute Gasteiger partial charge is 0.320 e. The molecule has 0 aliphatic carbocycles. The van der Waals surface area contributed by atoms with Crippen molar-refractivity contribution in [2.45, 2.75) is 38.3 Å². The number of hydrogen-bond acceptors (Lipinski definition) is 3. The Kier molecular flexibility index (Phi) is 4.66. The van der Waals surface area contributed by atoms with Crippen LogP contribution < -0.4 is 5.73 Å². The molecule has 0 saturated heterocycles. The van der Waals surface area contributed by atoms with Gasteiger partial charge in [-0.1, -0.05) is 38.1 Å². The molecule has 2 atom stereocenters. The highest BCUT2D eigenvalue weighted by Crippen LogP contribution is 2.21. The van der Waals surface area contributed by atoms with Gasteiger partial charge in [0.2, 0.25) is 0 Å². The molecule has 0 saturated carbocycles. The fourth-order valence-corrected chi connectivity index (χ4v) is 1.58. The monoisotopic (exact) mass is 237 g/mol. The third-order valence-electron chi connectivity index (χ3n) is 2.78. The highest BCUT2D eigenvalue weighted by molar-refractivity contribution is 5.73. The molecule has 0 aliphatic rings. The SMILES string of the molecule is CC(C)c1ccc([C@@H](O)C[C@H](N)C(=O)O)cc1. The molecule has 0 spiro atoms. The first-order valence-electron chi connectivity index (χ1n) is 5.68. The second-order valence-corrected chi connectivity index (χ2v) is 4.52. The number of carboxylic acids is 1. The van der Waals surface area contributed by atoms with E-state index in [1.54, 1.807) is 0 Å². The van der Waals surface area contributed by atoms with Gasteiger partial charge in [-0.25, -0.2) is 0 Å². The van der Waals surface area contributed by atoms with Gasteiger partial charge in [-0.3, -0.25) is 4.79 Å². The van der Waals surface area contributed by atoms with E-state index < -0.39 is 18.1 Å². The highest BCUT2D eigenvalue weighted by atomic mass is 16.4. The zero-order valence-electron chi connectivity index (χ0n) is 10.1. The first-order chi connectivity index (χ1) is 7.91. The summed E-state index contributed by atoms with van der Waals surface area (Å²) < 4.78 is 0. The van der Waals surface area contributed by atoms with E-state index in [-0.39, 0.29) is 6.42 Å². The zero-order chi connectivity index (χ0) is 13.0. The quantitative estimate of drug-likeness (QED) is 0.727. The van der Waals surface area contributed by atoms with Gasteiger partial charge in [-0.05, 0) is 17.0 Å². The fourth-order valence-electron chi connectivity index (χ4n) is 1.58. The van der Waals surface area contributed by atoms with Gasteiger partial charge in [0.15, 0.2) is 0 Å². The van der Waals surface area contributed by atoms with Gasteiger partial charge in [-0.15, -0.1) is 0 Å². The zero-order valence-corrected chi connectivity index (χ0v) is 10.1. The molecule has 94 valence electrons. The summed E-state index contributed by atoms with van der Waals surface area (Å²) in [6.45, 7) is 4.18. The van der Waals surface area contributed by atoms with Crippen LogP contribution in [0.25, 0.3) is 0 Å². The maximum absolute atomic E-state index is 10.6. The summed E-state index contributed by atoms with van der Waals surface area (Å²) in [5, 5.41) is 18.5. The van der Waals surface area contributed by atoms with Crippen LogP contribution in [0.1, 0.15) is 43.4 Å². The van der Waals surface area contributed by atoms with E-state index in [4.69, 9.17) is 10.8 Å². The third kappa shape index (κ3) is 3.84. The highest BCUT2D eigenvalue weighted by Gasteiger charge is 2.18. The largest absolute Gasteiger partial charge is 0.480 e. The molecule has 0 heterocycles. The van der Waals surface area contributed by atoms with E-state index in [2.05, 4.69) is 13.8 Å². The Morgan fingerprint density at radius 1 is 1.24 bits per heavy atom. The number of aliphatic carboxylic acids is 1. The van der Waals surface area contributed by atoms with Crippen molar-refractivity contribution in [1.82, 2.24) is 0 Å². The van der Waals surface area contributed by atoms with Crippen LogP contribution in [0.15, 0.2) is 24.3 Å². The van der Waals surface area contributed by atoms with Crippen LogP contribution in [0, 0.1) is 0 Å². The number of carboxylic acid groups (broad SMARTS) is 1. The van der Waals surface area contributed by atoms with Crippen LogP contribution in [0.5, 0.6) is 0 Å². The van der Waals surface area contributed by atoms with Crippen molar-refractivity contribution in [3.05, 3.63) is 35.4 Å². The molecule has 17 heavy (non-hydrogen) atoms. The summed E-state index contributed by atoms with van der Waals surface area (Å²) in [6.07, 6.45) is -0.807. The van der Waals surface area contributed by atoms with Crippen molar-refractivity contribution < 1.29 is 15.0 Å². The predicted molar refractivity (Wildman–Crippen MR) is 65.7 cm³/mol. The Morgan fingerprint density at radius 2 is 1.71 bits per heavy atom. The molecule has 0 aliphatic heterocycles. The molecule has 0 unspecified atom stereocenters. The van der Waals surface area contributed by atoms with E-state index in [0.717, 1.165) is 0 Å². The number of hydrogen-bond donors (Lipinski definition) is 3. The van der Waals surface area contributed by atoms with E-state index in [9.17, 15) is 9.90 Å². The molecule has 4 heteroatoms. The lowest BCUT2D eigenvalue weighted by Gasteiger charge is -2.14. The van der Waals surface area contributed by atoms with Gasteiger partial charge < -0.3 is 15.9 Å². The first-order valence-corrected chi connectivity index (χ1v) is 5.68. The average Bonchev–Trinajstić information content (AvgIpc) is 2.28. The minimum Gasteiger partial charge on any atom is -0.480 e. The topological polar surface area (TPSA) is 83.5 Å². The van der Waals surface area contributed by atoms with Crippen molar-refractivity contribution in [2.24, 2.45) is 5.73 Å². The van der Waals surface area contributed by atoms with Crippen molar-refractivity contribution in [3.63, 3.8) is 0 Å². The van der Waals surface area contributed by atoms with Crippen molar-refractivity contribution >= 4 is 5.97 Å². The molecule has 4 nitrogen and oxygen atoms in total. The molecule has 4 N–H and O–H groups in total. The van der Waals surface area contributed by atoms with Gasteiger partial charge in [0.1, 0.15) is 6.04 Å². The molecule has 1 aromatic rings. The van der Waals surface area contributed by atoms with Crippen LogP contribution in [0.2, 0.25) is 0 Å². The van der Waals surface area contributed by atoms with E-state index in [1.807, 2.05) is 24.3 Å². The molecular weight excluding hydrogens is 218 g/mol. The molecule has 0 aromatic heterocycles. The van der Waals surface area contributed by atoms with E-state index in [0.29, 0.717) is 11.5 Å². The van der Waals surface area contributed by atoms with Crippen molar-refractivity contribution in [3.8, 4) is 0 Å². The van der Waals surface area contributed by atoms with E-state index in [1.165, 1.54) is 5.56 Å². The van der Waals surface area contributed by atoms with Gasteiger partial charge in [-0.2, -0.15) is 0 Å². The molecule has 0 fully saturated rings. The second kappa shape index (κ2) is 5.80. The third-order valence-corrected chi connectivity index (χ3v) is 2.78. The number of aliphatic hydroxyl groups excluding tert-OH is 1. The van der Waals surface area contributed by atoms with Crippen LogP contribution >= 0.6 is 0 Å². The van der Waals surface area contributed by atoms with Crippen LogP contribution in [0.3, 0.4) is 0 Å². The molecule has 0 amide bonds. The van der Waals surface area contributed by atoms with Gasteiger partial charge in [0.05, 0.1) is 6.10 Å². The molecular formula is C13H19NO3. The Bertz CT molecular complexity index is 373. The summed E-state index contributed by atoms with van der Waals surface area (Å²) in [7, 11) is 0. The maximum Gasteiger partial charge on any atom is 0.320 e. The molecule has 1 rings (SSSR count). The van der Waals surface area contributed by atoms with Gasteiger partial charge >= 0.3 is 5.97 Å². The average molecular weight is 237 g/mol. The van der Waals surface area contributed by atoms with E-state index >= 15 is 0 Å². The minimum absolute atomic E-state index is 0.0242. The van der Waals surface area contributed by atoms with Crippen molar-refractivity contribution in [1.29, 1.82) is 0 Å². The second-order valence-electron chi connectivity index (χ2n) is 4.52. The Labute approximate surface area is 101 Å². The number of rotatable bonds is 5. The standard InChI is InChI=1S/C13H19NO3/c1-8(2)9-3-5-10(6-4-9)12(15)7-11(14)13(16)17/h3-6,8,11-12,15H,7,14H2,1-2H3,(H,16,17)/t11-,12-/m0/s1. The first kappa shape index (κ1) is 13.7. The normalized spacial score (nSPS) is 14.6. The van der Waals surface area contributed by atoms with Crippen LogP contribution in [-0.2, 0) is 4.79 Å². The summed E-state index contributed by atoms with van der Waals surface area (Å²) in [6, 6.07) is 6.48. The Morgan fingerprint density at radius 3 is 2.12 bits per heavy atom. The van der Waals surface area contributed by atoms with Crippen LogP contribution in [-0.4, -0.2) is 22.2 Å². The fraction of sp³-hybridized carbons (Fsp3) is 0.462. The number of benzene rings is 1. The van der Waals surface area contributed by atoms with Crippen molar-refractivity contribution in [2.75, 3.05) is 0 Å². The summed E-state index contributed by atoms with van der Waals surface area (Å²) in [5.74, 6) is -0.662. The maximum atomic E-state index is 10.6. The number of carbonyl (C=O) groups is 1. The lowest BCUT2D eigenvalue weighted by molar-refractivity contribution is -0.139. The predicted octanol–water partition coefficient (Wildman–Crippen LogP) is 1.65. The Balaban J connectivity index is 2.69. The van der Waals surface area contributed by atoms with Gasteiger partial charge in [0.25, 0.3) is 0 Å². The van der Waals surface area contributed by atoms with Crippen LogP contribution in [0.4, 0.5) is 0 Å². The Hall–Kier alpha value is -1.39. The molecule has 1 aromatic carbocycles. The van der Waals surface area contributed by atoms with Gasteiger partial charge in [0, 0.05) is 6.42 Å². The minimum atomic E-state index is -1.09.